The Balaban J connectivity index is 1.71. The molecular weight excluding hydrogens is 276 g/mol. The van der Waals surface area contributed by atoms with Crippen LogP contribution in [0.15, 0.2) is 12.1 Å². The molecule has 1 saturated carbocycles. The molecule has 5 nitrogen and oxygen atoms in total. The molecule has 2 fully saturated rings. The molecule has 1 aliphatic heterocycles. The topological polar surface area (TPSA) is 83.6 Å². The maximum atomic E-state index is 11.8. The van der Waals surface area contributed by atoms with Crippen LogP contribution in [0.25, 0.3) is 0 Å². The number of amides is 1. The van der Waals surface area contributed by atoms with E-state index in [2.05, 4.69) is 4.90 Å². The molecule has 0 spiro atoms. The molecule has 1 aromatic heterocycles. The van der Waals surface area contributed by atoms with Gasteiger partial charge in [0.1, 0.15) is 4.88 Å². The van der Waals surface area contributed by atoms with Crippen LogP contribution in [0.3, 0.4) is 0 Å². The molecular formula is C14H18N2O3S. The summed E-state index contributed by atoms with van der Waals surface area (Å²) in [5, 5.41) is 8.94. The van der Waals surface area contributed by atoms with E-state index in [1.807, 2.05) is 6.07 Å². The van der Waals surface area contributed by atoms with Crippen LogP contribution in [0.1, 0.15) is 33.8 Å². The van der Waals surface area contributed by atoms with Gasteiger partial charge >= 0.3 is 5.97 Å². The number of nitrogens with zero attached hydrogens (tertiary/aromatic N) is 1. The fourth-order valence-electron chi connectivity index (χ4n) is 3.71. The van der Waals surface area contributed by atoms with Crippen molar-refractivity contribution in [1.29, 1.82) is 0 Å². The Morgan fingerprint density at radius 3 is 2.90 bits per heavy atom. The largest absolute Gasteiger partial charge is 0.477 e. The number of carbonyl (C=O) groups is 2. The zero-order valence-corrected chi connectivity index (χ0v) is 12.0. The number of aromatic carboxylic acids is 1. The van der Waals surface area contributed by atoms with Gasteiger partial charge in [0.15, 0.2) is 0 Å². The summed E-state index contributed by atoms with van der Waals surface area (Å²) in [5.41, 5.74) is 5.29. The van der Waals surface area contributed by atoms with E-state index >= 15 is 0 Å². The summed E-state index contributed by atoms with van der Waals surface area (Å²) < 4.78 is 0. The number of rotatable bonds is 4. The van der Waals surface area contributed by atoms with Gasteiger partial charge in [-0.3, -0.25) is 9.69 Å². The van der Waals surface area contributed by atoms with Crippen molar-refractivity contribution < 1.29 is 14.7 Å². The number of fused-ring (bicyclic) bond motifs is 1. The molecule has 0 bridgehead atoms. The third-order valence-electron chi connectivity index (χ3n) is 4.68. The highest BCUT2D eigenvalue weighted by Crippen LogP contribution is 2.48. The van der Waals surface area contributed by atoms with Gasteiger partial charge in [0, 0.05) is 24.5 Å². The number of carbonyl (C=O) groups excluding carboxylic acids is 1. The van der Waals surface area contributed by atoms with E-state index in [4.69, 9.17) is 10.8 Å². The van der Waals surface area contributed by atoms with Crippen molar-refractivity contribution in [3.05, 3.63) is 21.9 Å². The van der Waals surface area contributed by atoms with Crippen molar-refractivity contribution in [1.82, 2.24) is 4.90 Å². The summed E-state index contributed by atoms with van der Waals surface area (Å²) in [6.45, 7) is 2.32. The Labute approximate surface area is 121 Å². The summed E-state index contributed by atoms with van der Waals surface area (Å²) in [6.07, 6.45) is 3.06. The monoisotopic (exact) mass is 294 g/mol. The second-order valence-electron chi connectivity index (χ2n) is 5.85. The zero-order valence-electron chi connectivity index (χ0n) is 11.2. The van der Waals surface area contributed by atoms with Crippen LogP contribution in [-0.2, 0) is 11.3 Å². The highest BCUT2D eigenvalue weighted by molar-refractivity contribution is 7.13. The molecule has 1 amide bonds. The smallest absolute Gasteiger partial charge is 0.345 e. The van der Waals surface area contributed by atoms with Crippen molar-refractivity contribution >= 4 is 23.2 Å². The van der Waals surface area contributed by atoms with E-state index < -0.39 is 5.97 Å². The highest BCUT2D eigenvalue weighted by Gasteiger charge is 2.53. The number of primary amides is 1. The Morgan fingerprint density at radius 2 is 2.30 bits per heavy atom. The van der Waals surface area contributed by atoms with Gasteiger partial charge in [0.25, 0.3) is 0 Å². The number of thiophene rings is 1. The van der Waals surface area contributed by atoms with Gasteiger partial charge < -0.3 is 10.8 Å². The average Bonchev–Trinajstić information content (AvgIpc) is 3.02. The number of hydrogen-bond acceptors (Lipinski definition) is 4. The minimum atomic E-state index is -0.881. The van der Waals surface area contributed by atoms with E-state index in [1.165, 1.54) is 11.3 Å². The molecule has 0 aromatic carbocycles. The molecule has 3 rings (SSSR count). The van der Waals surface area contributed by atoms with Crippen LogP contribution >= 0.6 is 11.3 Å². The maximum absolute atomic E-state index is 11.8. The van der Waals surface area contributed by atoms with Crippen LogP contribution < -0.4 is 5.73 Å². The van der Waals surface area contributed by atoms with Crippen LogP contribution in [0.2, 0.25) is 0 Å². The number of likely N-dealkylation sites (tertiary alicyclic amines) is 1. The van der Waals surface area contributed by atoms with Gasteiger partial charge in [-0.2, -0.15) is 0 Å². The number of carboxylic acids is 1. The van der Waals surface area contributed by atoms with Gasteiger partial charge in [-0.1, -0.05) is 6.42 Å². The second-order valence-corrected chi connectivity index (χ2v) is 7.02. The fraction of sp³-hybridized carbons (Fsp3) is 0.571. The van der Waals surface area contributed by atoms with Crippen molar-refractivity contribution in [3.8, 4) is 0 Å². The summed E-state index contributed by atoms with van der Waals surface area (Å²) in [5.74, 6) is -0.674. The summed E-state index contributed by atoms with van der Waals surface area (Å²) in [4.78, 5) is 26.3. The van der Waals surface area contributed by atoms with Crippen molar-refractivity contribution in [2.45, 2.75) is 25.8 Å². The molecule has 108 valence electrons. The predicted molar refractivity (Wildman–Crippen MR) is 75.5 cm³/mol. The Bertz CT molecular complexity index is 556. The zero-order chi connectivity index (χ0) is 14.3. The van der Waals surface area contributed by atoms with E-state index in [9.17, 15) is 9.59 Å². The summed E-state index contributed by atoms with van der Waals surface area (Å²) >= 11 is 1.31. The molecule has 2 heterocycles. The molecule has 0 radical (unpaired) electrons. The summed E-state index contributed by atoms with van der Waals surface area (Å²) in [6, 6.07) is 3.50. The molecule has 2 aliphatic rings. The van der Waals surface area contributed by atoms with E-state index in [0.29, 0.717) is 23.9 Å². The number of hydrogen-bond donors (Lipinski definition) is 2. The maximum Gasteiger partial charge on any atom is 0.345 e. The van der Waals surface area contributed by atoms with Gasteiger partial charge in [0.05, 0.1) is 5.41 Å². The molecule has 6 heteroatoms. The van der Waals surface area contributed by atoms with Gasteiger partial charge in [-0.15, -0.1) is 11.3 Å². The molecule has 20 heavy (non-hydrogen) atoms. The van der Waals surface area contributed by atoms with E-state index in [1.54, 1.807) is 6.07 Å². The molecule has 1 aromatic rings. The number of carboxylic acid groups (broad SMARTS) is 1. The number of nitrogens with two attached hydrogens (primary N) is 1. The Kier molecular flexibility index (Phi) is 3.30. The third kappa shape index (κ3) is 2.13. The first-order chi connectivity index (χ1) is 9.51. The minimum absolute atomic E-state index is 0.167. The minimum Gasteiger partial charge on any atom is -0.477 e. The Hall–Kier alpha value is -1.40. The van der Waals surface area contributed by atoms with Gasteiger partial charge in [-0.05, 0) is 30.9 Å². The molecule has 2 atom stereocenters. The van der Waals surface area contributed by atoms with E-state index in [0.717, 1.165) is 30.7 Å². The highest BCUT2D eigenvalue weighted by atomic mass is 32.1. The first-order valence-electron chi connectivity index (χ1n) is 6.85. The standard InChI is InChI=1S/C14H18N2O3S/c15-13(19)14-5-1-2-9(14)6-16(8-14)7-10-3-4-11(20-10)12(17)18/h3-4,9H,1-2,5-8H2,(H2,15,19)(H,17,18)/t9-,14-/m0/s1. The van der Waals surface area contributed by atoms with Crippen LogP contribution in [0.5, 0.6) is 0 Å². The third-order valence-corrected chi connectivity index (χ3v) is 5.74. The average molecular weight is 294 g/mol. The van der Waals surface area contributed by atoms with Crippen molar-refractivity contribution in [2.24, 2.45) is 17.1 Å². The lowest BCUT2D eigenvalue weighted by Crippen LogP contribution is -2.40. The van der Waals surface area contributed by atoms with E-state index in [-0.39, 0.29) is 11.3 Å². The molecule has 1 saturated heterocycles. The van der Waals surface area contributed by atoms with Gasteiger partial charge in [-0.25, -0.2) is 4.79 Å². The normalized spacial score (nSPS) is 29.5. The summed E-state index contributed by atoms with van der Waals surface area (Å²) in [7, 11) is 0. The SMILES string of the molecule is NC(=O)[C@]12CCC[C@H]1CN(Cc1ccc(C(=O)O)s1)C2. The van der Waals surface area contributed by atoms with Crippen molar-refractivity contribution in [2.75, 3.05) is 13.1 Å². The van der Waals surface area contributed by atoms with Crippen LogP contribution in [0, 0.1) is 11.3 Å². The van der Waals surface area contributed by atoms with Crippen LogP contribution in [0.4, 0.5) is 0 Å². The lowest BCUT2D eigenvalue weighted by atomic mass is 9.80. The van der Waals surface area contributed by atoms with Crippen molar-refractivity contribution in [3.63, 3.8) is 0 Å². The first kappa shape index (κ1) is 13.6. The lowest BCUT2D eigenvalue weighted by Gasteiger charge is -2.24. The second kappa shape index (κ2) is 4.86. The first-order valence-corrected chi connectivity index (χ1v) is 7.67. The molecule has 3 N–H and O–H groups in total. The van der Waals surface area contributed by atoms with Gasteiger partial charge in [0.2, 0.25) is 5.91 Å². The molecule has 0 unspecified atom stereocenters. The Morgan fingerprint density at radius 1 is 1.50 bits per heavy atom. The predicted octanol–water partition coefficient (Wildman–Crippen LogP) is 1.53. The van der Waals surface area contributed by atoms with Crippen LogP contribution in [-0.4, -0.2) is 35.0 Å². The fourth-order valence-corrected chi connectivity index (χ4v) is 4.60. The quantitative estimate of drug-likeness (QED) is 0.882. The lowest BCUT2D eigenvalue weighted by molar-refractivity contribution is -0.128. The molecule has 1 aliphatic carbocycles.